The molecule has 0 aromatic carbocycles. The van der Waals surface area contributed by atoms with E-state index in [1.807, 2.05) is 7.05 Å². The van der Waals surface area contributed by atoms with Crippen molar-refractivity contribution in [2.45, 2.75) is 13.8 Å². The van der Waals surface area contributed by atoms with E-state index >= 15 is 0 Å². The van der Waals surface area contributed by atoms with E-state index in [0.29, 0.717) is 0 Å². The third kappa shape index (κ3) is 4.02. The van der Waals surface area contributed by atoms with E-state index in [0.717, 1.165) is 37.8 Å². The molecule has 0 radical (unpaired) electrons. The second-order valence-electron chi connectivity index (χ2n) is 3.49. The summed E-state index contributed by atoms with van der Waals surface area (Å²) in [7, 11) is 1.84. The Morgan fingerprint density at radius 1 is 1.19 bits per heavy atom. The second-order valence-corrected chi connectivity index (χ2v) is 3.49. The summed E-state index contributed by atoms with van der Waals surface area (Å²) in [6, 6.07) is 0. The molecule has 5 heteroatoms. The van der Waals surface area contributed by atoms with Gasteiger partial charge in [-0.3, -0.25) is 4.98 Å². The summed E-state index contributed by atoms with van der Waals surface area (Å²) in [4.78, 5) is 10.8. The van der Waals surface area contributed by atoms with Gasteiger partial charge in [0.1, 0.15) is 11.6 Å². The maximum absolute atomic E-state index is 4.34. The van der Waals surface area contributed by atoms with Crippen LogP contribution in [0, 0.1) is 0 Å². The predicted octanol–water partition coefficient (Wildman–Crippen LogP) is 1.27. The van der Waals surface area contributed by atoms with Gasteiger partial charge in [0.05, 0.1) is 12.4 Å². The lowest BCUT2D eigenvalue weighted by molar-refractivity contribution is 0.316. The minimum atomic E-state index is 0.785. The van der Waals surface area contributed by atoms with Crippen molar-refractivity contribution in [3.63, 3.8) is 0 Å². The number of nitrogens with zero attached hydrogens (tertiary/aromatic N) is 3. The third-order valence-electron chi connectivity index (χ3n) is 2.52. The normalized spacial score (nSPS) is 10.5. The zero-order valence-corrected chi connectivity index (χ0v) is 10.3. The number of hydrogen-bond acceptors (Lipinski definition) is 5. The fourth-order valence-corrected chi connectivity index (χ4v) is 1.45. The van der Waals surface area contributed by atoms with Crippen LogP contribution in [0.2, 0.25) is 0 Å². The number of hydrogen-bond donors (Lipinski definition) is 2. The van der Waals surface area contributed by atoms with Gasteiger partial charge in [0.15, 0.2) is 0 Å². The van der Waals surface area contributed by atoms with Gasteiger partial charge >= 0.3 is 0 Å². The van der Waals surface area contributed by atoms with E-state index in [2.05, 4.69) is 39.3 Å². The van der Waals surface area contributed by atoms with Crippen LogP contribution < -0.4 is 10.6 Å². The highest BCUT2D eigenvalue weighted by Crippen LogP contribution is 2.04. The zero-order valence-electron chi connectivity index (χ0n) is 10.3. The summed E-state index contributed by atoms with van der Waals surface area (Å²) in [6.45, 7) is 8.43. The standard InChI is InChI=1S/C11H21N5/c1-4-16(5-2)7-6-14-11-9-13-8-10(12-3)15-11/h8-9H,4-7H2,1-3H3,(H2,12,14,15). The van der Waals surface area contributed by atoms with Crippen LogP contribution in [-0.2, 0) is 0 Å². The highest BCUT2D eigenvalue weighted by Gasteiger charge is 1.99. The first-order valence-corrected chi connectivity index (χ1v) is 5.76. The molecule has 1 rings (SSSR count). The van der Waals surface area contributed by atoms with Gasteiger partial charge in [0.2, 0.25) is 0 Å². The Balaban J connectivity index is 2.36. The van der Waals surface area contributed by atoms with Crippen LogP contribution in [0.5, 0.6) is 0 Å². The number of anilines is 2. The average molecular weight is 223 g/mol. The van der Waals surface area contributed by atoms with Crippen molar-refractivity contribution in [3.8, 4) is 0 Å². The van der Waals surface area contributed by atoms with Gasteiger partial charge in [-0.15, -0.1) is 0 Å². The van der Waals surface area contributed by atoms with Gasteiger partial charge < -0.3 is 15.5 Å². The van der Waals surface area contributed by atoms with Crippen LogP contribution in [-0.4, -0.2) is 48.1 Å². The van der Waals surface area contributed by atoms with Crippen molar-refractivity contribution < 1.29 is 0 Å². The predicted molar refractivity (Wildman–Crippen MR) is 67.9 cm³/mol. The van der Waals surface area contributed by atoms with Crippen LogP contribution in [0.25, 0.3) is 0 Å². The van der Waals surface area contributed by atoms with E-state index in [9.17, 15) is 0 Å². The molecule has 2 N–H and O–H groups in total. The third-order valence-corrected chi connectivity index (χ3v) is 2.52. The maximum Gasteiger partial charge on any atom is 0.147 e. The van der Waals surface area contributed by atoms with E-state index in [1.54, 1.807) is 12.4 Å². The van der Waals surface area contributed by atoms with E-state index < -0.39 is 0 Å². The SMILES string of the molecule is CCN(CC)CCNc1cncc(NC)n1. The fraction of sp³-hybridized carbons (Fsp3) is 0.636. The molecule has 0 atom stereocenters. The molecule has 0 saturated carbocycles. The summed E-state index contributed by atoms with van der Waals surface area (Å²) in [5.74, 6) is 1.60. The molecule has 1 heterocycles. The molecule has 0 amide bonds. The molecule has 0 aliphatic rings. The van der Waals surface area contributed by atoms with Crippen molar-refractivity contribution >= 4 is 11.6 Å². The van der Waals surface area contributed by atoms with Gasteiger partial charge in [0, 0.05) is 20.1 Å². The molecule has 0 bridgehead atoms. The first-order chi connectivity index (χ1) is 7.80. The molecule has 0 fully saturated rings. The van der Waals surface area contributed by atoms with Crippen molar-refractivity contribution in [2.75, 3.05) is 43.9 Å². The molecule has 5 nitrogen and oxygen atoms in total. The molecule has 0 saturated heterocycles. The van der Waals surface area contributed by atoms with Gasteiger partial charge in [-0.25, -0.2) is 4.98 Å². The Bertz CT molecular complexity index is 298. The van der Waals surface area contributed by atoms with Crippen molar-refractivity contribution in [2.24, 2.45) is 0 Å². The lowest BCUT2D eigenvalue weighted by Gasteiger charge is -2.18. The smallest absolute Gasteiger partial charge is 0.147 e. The lowest BCUT2D eigenvalue weighted by atomic mass is 10.4. The molecule has 16 heavy (non-hydrogen) atoms. The Hall–Kier alpha value is -1.36. The van der Waals surface area contributed by atoms with Crippen molar-refractivity contribution in [1.29, 1.82) is 0 Å². The van der Waals surface area contributed by atoms with Crippen LogP contribution in [0.1, 0.15) is 13.8 Å². The largest absolute Gasteiger partial charge is 0.372 e. The molecule has 0 spiro atoms. The van der Waals surface area contributed by atoms with Crippen LogP contribution in [0.15, 0.2) is 12.4 Å². The van der Waals surface area contributed by atoms with E-state index in [4.69, 9.17) is 0 Å². The highest BCUT2D eigenvalue weighted by atomic mass is 15.1. The molecule has 1 aromatic heterocycles. The Kier molecular flexibility index (Phi) is 5.56. The average Bonchev–Trinajstić information content (AvgIpc) is 2.35. The van der Waals surface area contributed by atoms with Crippen LogP contribution in [0.3, 0.4) is 0 Å². The van der Waals surface area contributed by atoms with Gasteiger partial charge in [-0.1, -0.05) is 13.8 Å². The second kappa shape index (κ2) is 7.00. The number of likely N-dealkylation sites (N-methyl/N-ethyl adjacent to an activating group) is 1. The van der Waals surface area contributed by atoms with E-state index in [-0.39, 0.29) is 0 Å². The molecular weight excluding hydrogens is 202 g/mol. The molecule has 0 aliphatic heterocycles. The first-order valence-electron chi connectivity index (χ1n) is 5.76. The van der Waals surface area contributed by atoms with Gasteiger partial charge in [0.25, 0.3) is 0 Å². The van der Waals surface area contributed by atoms with Crippen molar-refractivity contribution in [3.05, 3.63) is 12.4 Å². The monoisotopic (exact) mass is 223 g/mol. The minimum absolute atomic E-state index is 0.785. The van der Waals surface area contributed by atoms with Crippen LogP contribution >= 0.6 is 0 Å². The highest BCUT2D eigenvalue weighted by molar-refractivity contribution is 5.40. The summed E-state index contributed by atoms with van der Waals surface area (Å²) in [5.41, 5.74) is 0. The fourth-order valence-electron chi connectivity index (χ4n) is 1.45. The topological polar surface area (TPSA) is 53.1 Å². The first kappa shape index (κ1) is 12.7. The number of rotatable bonds is 7. The Morgan fingerprint density at radius 3 is 2.50 bits per heavy atom. The minimum Gasteiger partial charge on any atom is -0.372 e. The molecular formula is C11H21N5. The maximum atomic E-state index is 4.34. The zero-order chi connectivity index (χ0) is 11.8. The molecule has 1 aromatic rings. The quantitative estimate of drug-likeness (QED) is 0.729. The summed E-state index contributed by atoms with van der Waals surface area (Å²) in [6.07, 6.45) is 3.44. The molecule has 0 unspecified atom stereocenters. The number of aromatic nitrogens is 2. The summed E-state index contributed by atoms with van der Waals surface area (Å²) < 4.78 is 0. The molecule has 0 aliphatic carbocycles. The lowest BCUT2D eigenvalue weighted by Crippen LogP contribution is -2.28. The van der Waals surface area contributed by atoms with E-state index in [1.165, 1.54) is 0 Å². The Labute approximate surface area is 97.3 Å². The van der Waals surface area contributed by atoms with Crippen molar-refractivity contribution in [1.82, 2.24) is 14.9 Å². The number of nitrogens with one attached hydrogen (secondary N) is 2. The summed E-state index contributed by atoms with van der Waals surface area (Å²) >= 11 is 0. The molecule has 90 valence electrons. The van der Waals surface area contributed by atoms with Gasteiger partial charge in [-0.05, 0) is 13.1 Å². The van der Waals surface area contributed by atoms with Gasteiger partial charge in [-0.2, -0.15) is 0 Å². The summed E-state index contributed by atoms with van der Waals surface area (Å²) in [5, 5.41) is 6.23. The van der Waals surface area contributed by atoms with Crippen LogP contribution in [0.4, 0.5) is 11.6 Å². The Morgan fingerprint density at radius 2 is 1.88 bits per heavy atom.